The number of rotatable bonds is 4. The molecule has 0 bridgehead atoms. The Morgan fingerprint density at radius 3 is 3.00 bits per heavy atom. The van der Waals surface area contributed by atoms with Gasteiger partial charge >= 0.3 is 5.97 Å². The van der Waals surface area contributed by atoms with Gasteiger partial charge in [0.05, 0.1) is 18.6 Å². The van der Waals surface area contributed by atoms with E-state index in [9.17, 15) is 9.90 Å². The molecule has 0 radical (unpaired) electrons. The van der Waals surface area contributed by atoms with Crippen LogP contribution in [0.1, 0.15) is 18.2 Å². The van der Waals surface area contributed by atoms with E-state index in [0.29, 0.717) is 13.0 Å². The summed E-state index contributed by atoms with van der Waals surface area (Å²) in [5.41, 5.74) is 3.15. The summed E-state index contributed by atoms with van der Waals surface area (Å²) in [5.74, 6) is -0.774. The second-order valence-corrected chi connectivity index (χ2v) is 4.99. The second kappa shape index (κ2) is 5.00. The minimum Gasteiger partial charge on any atom is -0.480 e. The number of para-hydroxylation sites is 1. The number of aliphatic carboxylic acids is 1. The van der Waals surface area contributed by atoms with E-state index in [1.807, 2.05) is 39.9 Å². The minimum absolute atomic E-state index is 0.493. The van der Waals surface area contributed by atoms with Crippen molar-refractivity contribution in [1.82, 2.24) is 9.55 Å². The molecule has 1 aliphatic rings. The SMILES string of the molecule is CCn1cncc1CN1c2ccccc2CC1C(=O)O. The van der Waals surface area contributed by atoms with E-state index in [-0.39, 0.29) is 0 Å². The number of aryl methyl sites for hydroxylation is 1. The summed E-state index contributed by atoms with van der Waals surface area (Å²) < 4.78 is 2.04. The number of aromatic nitrogens is 2. The van der Waals surface area contributed by atoms with Gasteiger partial charge in [-0.15, -0.1) is 0 Å². The molecule has 1 aromatic carbocycles. The molecule has 2 aromatic rings. The lowest BCUT2D eigenvalue weighted by Crippen LogP contribution is -2.38. The van der Waals surface area contributed by atoms with Crippen molar-refractivity contribution in [3.63, 3.8) is 0 Å². The van der Waals surface area contributed by atoms with Crippen molar-refractivity contribution in [2.75, 3.05) is 4.90 Å². The lowest BCUT2D eigenvalue weighted by Gasteiger charge is -2.25. The Labute approximate surface area is 117 Å². The van der Waals surface area contributed by atoms with Crippen molar-refractivity contribution >= 4 is 11.7 Å². The van der Waals surface area contributed by atoms with E-state index >= 15 is 0 Å². The van der Waals surface area contributed by atoms with Crippen LogP contribution in [0.3, 0.4) is 0 Å². The van der Waals surface area contributed by atoms with Crippen molar-refractivity contribution in [2.24, 2.45) is 0 Å². The van der Waals surface area contributed by atoms with E-state index in [1.165, 1.54) is 0 Å². The molecule has 1 N–H and O–H groups in total. The average molecular weight is 271 g/mol. The summed E-state index contributed by atoms with van der Waals surface area (Å²) >= 11 is 0. The van der Waals surface area contributed by atoms with Gasteiger partial charge in [-0.3, -0.25) is 0 Å². The summed E-state index contributed by atoms with van der Waals surface area (Å²) in [5, 5.41) is 9.45. The summed E-state index contributed by atoms with van der Waals surface area (Å²) in [7, 11) is 0. The van der Waals surface area contributed by atoms with Gasteiger partial charge in [-0.05, 0) is 18.6 Å². The van der Waals surface area contributed by atoms with Gasteiger partial charge < -0.3 is 14.6 Å². The van der Waals surface area contributed by atoms with Crippen LogP contribution in [0.5, 0.6) is 0 Å². The Morgan fingerprint density at radius 1 is 1.45 bits per heavy atom. The highest BCUT2D eigenvalue weighted by molar-refractivity contribution is 5.82. The predicted molar refractivity (Wildman–Crippen MR) is 75.7 cm³/mol. The summed E-state index contributed by atoms with van der Waals surface area (Å²) in [6, 6.07) is 7.41. The molecule has 1 aliphatic heterocycles. The van der Waals surface area contributed by atoms with Crippen LogP contribution >= 0.6 is 0 Å². The summed E-state index contributed by atoms with van der Waals surface area (Å²) in [6.45, 7) is 3.46. The fourth-order valence-corrected chi connectivity index (χ4v) is 2.81. The van der Waals surface area contributed by atoms with Gasteiger partial charge in [-0.25, -0.2) is 9.78 Å². The third-order valence-electron chi connectivity index (χ3n) is 3.85. The molecule has 3 rings (SSSR count). The molecular formula is C15H17N3O2. The predicted octanol–water partition coefficient (Wildman–Crippen LogP) is 1.92. The number of hydrogen-bond donors (Lipinski definition) is 1. The maximum absolute atomic E-state index is 11.5. The number of benzene rings is 1. The Hall–Kier alpha value is -2.30. The maximum atomic E-state index is 11.5. The van der Waals surface area contributed by atoms with Crippen molar-refractivity contribution < 1.29 is 9.90 Å². The van der Waals surface area contributed by atoms with Crippen LogP contribution in [0.25, 0.3) is 0 Å². The first-order valence-electron chi connectivity index (χ1n) is 6.77. The van der Waals surface area contributed by atoms with Gasteiger partial charge in [0.1, 0.15) is 6.04 Å². The molecule has 0 aliphatic carbocycles. The van der Waals surface area contributed by atoms with E-state index in [2.05, 4.69) is 11.9 Å². The van der Waals surface area contributed by atoms with Gasteiger partial charge in [-0.1, -0.05) is 18.2 Å². The van der Waals surface area contributed by atoms with Crippen molar-refractivity contribution in [3.8, 4) is 0 Å². The van der Waals surface area contributed by atoms with Gasteiger partial charge in [0, 0.05) is 24.8 Å². The molecule has 1 aromatic heterocycles. The third-order valence-corrected chi connectivity index (χ3v) is 3.85. The maximum Gasteiger partial charge on any atom is 0.326 e. The fourth-order valence-electron chi connectivity index (χ4n) is 2.81. The van der Waals surface area contributed by atoms with E-state index < -0.39 is 12.0 Å². The first kappa shape index (κ1) is 12.7. The smallest absolute Gasteiger partial charge is 0.326 e. The quantitative estimate of drug-likeness (QED) is 0.923. The van der Waals surface area contributed by atoms with E-state index in [4.69, 9.17) is 0 Å². The standard InChI is InChI=1S/C15H17N3O2/c1-2-17-10-16-8-12(17)9-18-13-6-4-3-5-11(13)7-14(18)15(19)20/h3-6,8,10,14H,2,7,9H2,1H3,(H,19,20). The van der Waals surface area contributed by atoms with Gasteiger partial charge in [-0.2, -0.15) is 0 Å². The second-order valence-electron chi connectivity index (χ2n) is 4.99. The highest BCUT2D eigenvalue weighted by Gasteiger charge is 2.34. The number of carboxylic acid groups (broad SMARTS) is 1. The first-order chi connectivity index (χ1) is 9.70. The Bertz CT molecular complexity index is 636. The van der Waals surface area contributed by atoms with Crippen LogP contribution in [0.15, 0.2) is 36.8 Å². The van der Waals surface area contributed by atoms with Crippen LogP contribution in [0.4, 0.5) is 5.69 Å². The molecule has 0 amide bonds. The molecular weight excluding hydrogens is 254 g/mol. The lowest BCUT2D eigenvalue weighted by molar-refractivity contribution is -0.138. The van der Waals surface area contributed by atoms with E-state index in [0.717, 1.165) is 23.5 Å². The monoisotopic (exact) mass is 271 g/mol. The Balaban J connectivity index is 1.95. The molecule has 5 heteroatoms. The molecule has 1 atom stereocenters. The topological polar surface area (TPSA) is 58.4 Å². The molecule has 20 heavy (non-hydrogen) atoms. The van der Waals surface area contributed by atoms with Crippen molar-refractivity contribution in [2.45, 2.75) is 32.5 Å². The number of carbonyl (C=O) groups is 1. The molecule has 0 fully saturated rings. The number of carboxylic acids is 1. The minimum atomic E-state index is -0.774. The zero-order chi connectivity index (χ0) is 14.1. The molecule has 2 heterocycles. The average Bonchev–Trinajstić information content (AvgIpc) is 3.04. The highest BCUT2D eigenvalue weighted by Crippen LogP contribution is 2.33. The first-order valence-corrected chi connectivity index (χ1v) is 6.77. The normalized spacial score (nSPS) is 17.2. The van der Waals surface area contributed by atoms with Crippen LogP contribution in [0, 0.1) is 0 Å². The molecule has 104 valence electrons. The number of hydrogen-bond acceptors (Lipinski definition) is 3. The Morgan fingerprint density at radius 2 is 2.25 bits per heavy atom. The van der Waals surface area contributed by atoms with Crippen LogP contribution < -0.4 is 4.90 Å². The van der Waals surface area contributed by atoms with E-state index in [1.54, 1.807) is 6.33 Å². The number of imidazole rings is 1. The van der Waals surface area contributed by atoms with Crippen LogP contribution in [0.2, 0.25) is 0 Å². The zero-order valence-electron chi connectivity index (χ0n) is 11.4. The van der Waals surface area contributed by atoms with Gasteiger partial charge in [0.25, 0.3) is 0 Å². The Kier molecular flexibility index (Phi) is 3.18. The van der Waals surface area contributed by atoms with Gasteiger partial charge in [0.2, 0.25) is 0 Å². The number of fused-ring (bicyclic) bond motifs is 1. The molecule has 5 nitrogen and oxygen atoms in total. The molecule has 0 saturated heterocycles. The summed E-state index contributed by atoms with van der Waals surface area (Å²) in [4.78, 5) is 17.6. The van der Waals surface area contributed by atoms with Gasteiger partial charge in [0.15, 0.2) is 0 Å². The van der Waals surface area contributed by atoms with Crippen molar-refractivity contribution in [3.05, 3.63) is 48.0 Å². The third kappa shape index (κ3) is 2.05. The highest BCUT2D eigenvalue weighted by atomic mass is 16.4. The number of anilines is 1. The lowest BCUT2D eigenvalue weighted by atomic mass is 10.1. The molecule has 0 spiro atoms. The molecule has 1 unspecified atom stereocenters. The largest absolute Gasteiger partial charge is 0.480 e. The number of nitrogens with zero attached hydrogens (tertiary/aromatic N) is 3. The van der Waals surface area contributed by atoms with Crippen LogP contribution in [-0.4, -0.2) is 26.7 Å². The fraction of sp³-hybridized carbons (Fsp3) is 0.333. The molecule has 0 saturated carbocycles. The zero-order valence-corrected chi connectivity index (χ0v) is 11.4. The van der Waals surface area contributed by atoms with Crippen molar-refractivity contribution in [1.29, 1.82) is 0 Å². The van der Waals surface area contributed by atoms with Crippen LogP contribution in [-0.2, 0) is 24.3 Å². The summed E-state index contributed by atoms with van der Waals surface area (Å²) in [6.07, 6.45) is 4.15.